The van der Waals surface area contributed by atoms with Crippen LogP contribution in [0.4, 0.5) is 0 Å². The van der Waals surface area contributed by atoms with Crippen molar-refractivity contribution in [2.75, 3.05) is 0 Å². The average molecular weight is 520 g/mol. The molecule has 0 aromatic heterocycles. The van der Waals surface area contributed by atoms with Crippen LogP contribution in [0.2, 0.25) is 0 Å². The van der Waals surface area contributed by atoms with Gasteiger partial charge in [-0.25, -0.2) is 19.2 Å². The van der Waals surface area contributed by atoms with Gasteiger partial charge in [-0.1, -0.05) is 43.3 Å². The van der Waals surface area contributed by atoms with Gasteiger partial charge in [0.25, 0.3) is 0 Å². The van der Waals surface area contributed by atoms with Crippen LogP contribution in [-0.2, 0) is 15.9 Å². The van der Waals surface area contributed by atoms with Gasteiger partial charge in [-0.15, -0.1) is 0 Å². The van der Waals surface area contributed by atoms with Crippen LogP contribution in [0.1, 0.15) is 65.4 Å². The summed E-state index contributed by atoms with van der Waals surface area (Å²) in [7, 11) is 0. The lowest BCUT2D eigenvalue weighted by molar-refractivity contribution is 0.0424. The van der Waals surface area contributed by atoms with Crippen molar-refractivity contribution in [1.29, 1.82) is 0 Å². The third kappa shape index (κ3) is 4.53. The Labute approximate surface area is 222 Å². The molecule has 0 aliphatic carbocycles. The summed E-state index contributed by atoms with van der Waals surface area (Å²) in [6.45, 7) is 2.11. The van der Waals surface area contributed by atoms with Crippen LogP contribution >= 0.6 is 0 Å². The predicted octanol–water partition coefficient (Wildman–Crippen LogP) is 6.24. The fraction of sp³-hybridized carbons (Fsp3) is 0.0968. The van der Waals surface area contributed by atoms with Crippen LogP contribution in [0.3, 0.4) is 0 Å². The third-order valence-corrected chi connectivity index (χ3v) is 6.64. The molecular weight excluding hydrogens is 500 g/mol. The van der Waals surface area contributed by atoms with Crippen LogP contribution in [-0.4, -0.2) is 23.9 Å². The Morgan fingerprint density at radius 2 is 1.05 bits per heavy atom. The van der Waals surface area contributed by atoms with Crippen molar-refractivity contribution in [2.24, 2.45) is 0 Å². The van der Waals surface area contributed by atoms with E-state index in [9.17, 15) is 19.2 Å². The molecule has 0 saturated carbocycles. The van der Waals surface area contributed by atoms with Crippen LogP contribution in [0.15, 0.2) is 84.9 Å². The van der Waals surface area contributed by atoms with Crippen LogP contribution in [0.25, 0.3) is 0 Å². The number of carbonyl (C=O) groups is 4. The molecule has 1 unspecified atom stereocenters. The maximum Gasteiger partial charge on any atom is 0.350 e. The van der Waals surface area contributed by atoms with E-state index in [4.69, 9.17) is 9.47 Å². The van der Waals surface area contributed by atoms with Gasteiger partial charge in [0, 0.05) is 0 Å². The summed E-state index contributed by atoms with van der Waals surface area (Å²) >= 11 is 0. The zero-order chi connectivity index (χ0) is 27.1. The van der Waals surface area contributed by atoms with E-state index in [1.807, 2.05) is 48.5 Å². The number of carbonyl (C=O) groups excluding carboxylic acids is 4. The molecule has 2 heterocycles. The van der Waals surface area contributed by atoms with Crippen molar-refractivity contribution >= 4 is 23.9 Å². The molecule has 4 aromatic rings. The Bertz CT molecular complexity index is 1650. The molecule has 1 atom stereocenters. The first-order chi connectivity index (χ1) is 18.9. The number of ether oxygens (including phenoxy) is 4. The van der Waals surface area contributed by atoms with E-state index in [1.54, 1.807) is 24.3 Å². The zero-order valence-corrected chi connectivity index (χ0v) is 20.6. The molecule has 2 aliphatic rings. The van der Waals surface area contributed by atoms with Crippen molar-refractivity contribution in [3.63, 3.8) is 0 Å². The number of benzene rings is 4. The molecule has 0 N–H and O–H groups in total. The SMILES string of the molecule is CC(Cc1ccc(Oc2cccc3c2C(=O)OC3=O)cc1)c1ccc(Oc2cccc3c2C(=O)OC3=O)cc1. The zero-order valence-electron chi connectivity index (χ0n) is 20.6. The Morgan fingerprint density at radius 1 is 0.590 bits per heavy atom. The van der Waals surface area contributed by atoms with Gasteiger partial charge >= 0.3 is 23.9 Å². The summed E-state index contributed by atoms with van der Waals surface area (Å²) in [5, 5.41) is 0. The summed E-state index contributed by atoms with van der Waals surface area (Å²) < 4.78 is 21.1. The molecule has 192 valence electrons. The first kappa shape index (κ1) is 24.1. The van der Waals surface area contributed by atoms with Crippen LogP contribution in [0.5, 0.6) is 23.0 Å². The summed E-state index contributed by atoms with van der Waals surface area (Å²) in [4.78, 5) is 47.6. The molecule has 4 aromatic carbocycles. The largest absolute Gasteiger partial charge is 0.456 e. The van der Waals surface area contributed by atoms with Crippen molar-refractivity contribution in [3.8, 4) is 23.0 Å². The lowest BCUT2D eigenvalue weighted by Gasteiger charge is -2.14. The normalized spacial score (nSPS) is 14.4. The predicted molar refractivity (Wildman–Crippen MR) is 138 cm³/mol. The quantitative estimate of drug-likeness (QED) is 0.208. The fourth-order valence-corrected chi connectivity index (χ4v) is 4.66. The van der Waals surface area contributed by atoms with Crippen molar-refractivity contribution in [2.45, 2.75) is 19.3 Å². The first-order valence-electron chi connectivity index (χ1n) is 12.2. The maximum atomic E-state index is 12.0. The molecule has 2 aliphatic heterocycles. The molecule has 0 amide bonds. The second kappa shape index (κ2) is 9.57. The second-order valence-electron chi connectivity index (χ2n) is 9.23. The molecule has 0 bridgehead atoms. The minimum absolute atomic E-state index is 0.137. The molecule has 8 nitrogen and oxygen atoms in total. The molecule has 8 heteroatoms. The van der Waals surface area contributed by atoms with Gasteiger partial charge in [0.1, 0.15) is 34.1 Å². The lowest BCUT2D eigenvalue weighted by atomic mass is 9.94. The summed E-state index contributed by atoms with van der Waals surface area (Å²) in [5.41, 5.74) is 2.86. The van der Waals surface area contributed by atoms with Crippen molar-refractivity contribution in [3.05, 3.63) is 118 Å². The van der Waals surface area contributed by atoms with Crippen molar-refractivity contribution < 1.29 is 38.1 Å². The van der Waals surface area contributed by atoms with E-state index in [0.717, 1.165) is 17.5 Å². The third-order valence-electron chi connectivity index (χ3n) is 6.64. The Morgan fingerprint density at radius 3 is 1.54 bits per heavy atom. The van der Waals surface area contributed by atoms with E-state index in [0.29, 0.717) is 11.5 Å². The van der Waals surface area contributed by atoms with Crippen LogP contribution < -0.4 is 9.47 Å². The second-order valence-corrected chi connectivity index (χ2v) is 9.23. The van der Waals surface area contributed by atoms with Gasteiger partial charge in [-0.2, -0.15) is 0 Å². The van der Waals surface area contributed by atoms with E-state index in [2.05, 4.69) is 16.4 Å². The molecule has 0 fully saturated rings. The Balaban J connectivity index is 1.11. The molecular formula is C31H20O8. The number of hydrogen-bond donors (Lipinski definition) is 0. The Hall–Kier alpha value is -5.24. The highest BCUT2D eigenvalue weighted by Crippen LogP contribution is 2.34. The highest BCUT2D eigenvalue weighted by molar-refractivity contribution is 6.16. The number of rotatable bonds is 7. The molecule has 6 rings (SSSR count). The summed E-state index contributed by atoms with van der Waals surface area (Å²) in [5.74, 6) is -0.959. The number of fused-ring (bicyclic) bond motifs is 2. The van der Waals surface area contributed by atoms with Gasteiger partial charge in [0.15, 0.2) is 0 Å². The van der Waals surface area contributed by atoms with Gasteiger partial charge in [0.2, 0.25) is 0 Å². The molecule has 0 spiro atoms. The number of esters is 4. The molecule has 0 saturated heterocycles. The highest BCUT2D eigenvalue weighted by Gasteiger charge is 2.34. The fourth-order valence-electron chi connectivity index (χ4n) is 4.66. The molecule has 0 radical (unpaired) electrons. The molecule has 39 heavy (non-hydrogen) atoms. The maximum absolute atomic E-state index is 12.0. The van der Waals surface area contributed by atoms with Gasteiger partial charge in [-0.05, 0) is 72.0 Å². The van der Waals surface area contributed by atoms with Crippen LogP contribution in [0, 0.1) is 0 Å². The van der Waals surface area contributed by atoms with Gasteiger partial charge in [0.05, 0.1) is 11.1 Å². The smallest absolute Gasteiger partial charge is 0.350 e. The van der Waals surface area contributed by atoms with E-state index in [-0.39, 0.29) is 39.7 Å². The minimum atomic E-state index is -0.711. The topological polar surface area (TPSA) is 105 Å². The van der Waals surface area contributed by atoms with Gasteiger partial charge in [-0.3, -0.25) is 0 Å². The average Bonchev–Trinajstić information content (AvgIpc) is 3.40. The van der Waals surface area contributed by atoms with E-state index in [1.165, 1.54) is 12.1 Å². The summed E-state index contributed by atoms with van der Waals surface area (Å²) in [6, 6.07) is 24.7. The van der Waals surface area contributed by atoms with E-state index >= 15 is 0 Å². The monoisotopic (exact) mass is 520 g/mol. The minimum Gasteiger partial charge on any atom is -0.456 e. The standard InChI is InChI=1S/C31H20O8/c1-17(19-10-14-21(15-11-19)37-25-7-3-5-23-27(25)31(35)39-29(23)33)16-18-8-12-20(13-9-18)36-24-6-2-4-22-26(24)30(34)38-28(22)32/h2-15,17H,16H2,1H3. The number of hydrogen-bond acceptors (Lipinski definition) is 8. The highest BCUT2D eigenvalue weighted by atomic mass is 16.6. The van der Waals surface area contributed by atoms with E-state index < -0.39 is 23.9 Å². The lowest BCUT2D eigenvalue weighted by Crippen LogP contribution is -2.00. The number of cyclic esters (lactones) is 4. The van der Waals surface area contributed by atoms with Crippen molar-refractivity contribution in [1.82, 2.24) is 0 Å². The van der Waals surface area contributed by atoms with Gasteiger partial charge < -0.3 is 18.9 Å². The first-order valence-corrected chi connectivity index (χ1v) is 12.2. The Kier molecular flexibility index (Phi) is 5.92. The summed E-state index contributed by atoms with van der Waals surface area (Å²) in [6.07, 6.45) is 0.766.